The molecule has 34 heavy (non-hydrogen) atoms. The zero-order valence-corrected chi connectivity index (χ0v) is 20.1. The van der Waals surface area contributed by atoms with Crippen molar-refractivity contribution in [1.82, 2.24) is 0 Å². The first-order valence-corrected chi connectivity index (χ1v) is 11.7. The Hall–Kier alpha value is -2.66. The summed E-state index contributed by atoms with van der Waals surface area (Å²) in [4.78, 5) is 0. The molecule has 0 heterocycles. The molecular weight excluding hydrogens is 440 g/mol. The summed E-state index contributed by atoms with van der Waals surface area (Å²) in [7, 11) is 0. The molecule has 1 N–H and O–H groups in total. The third kappa shape index (κ3) is 6.06. The van der Waals surface area contributed by atoms with Crippen LogP contribution in [0, 0.1) is 11.7 Å². The molecule has 0 aliphatic heterocycles. The minimum atomic E-state index is -4.39. The van der Waals surface area contributed by atoms with E-state index in [4.69, 9.17) is 0 Å². The van der Waals surface area contributed by atoms with E-state index in [9.17, 15) is 22.7 Å². The minimum Gasteiger partial charge on any atom is -0.392 e. The van der Waals surface area contributed by atoms with E-state index in [0.717, 1.165) is 63.9 Å². The highest BCUT2D eigenvalue weighted by molar-refractivity contribution is 5.75. The van der Waals surface area contributed by atoms with Gasteiger partial charge in [0, 0.05) is 0 Å². The van der Waals surface area contributed by atoms with Crippen LogP contribution in [-0.4, -0.2) is 5.11 Å². The van der Waals surface area contributed by atoms with Crippen molar-refractivity contribution in [2.24, 2.45) is 5.92 Å². The zero-order chi connectivity index (χ0) is 25.0. The Bertz CT molecular complexity index is 1090. The van der Waals surface area contributed by atoms with Crippen molar-refractivity contribution in [2.75, 3.05) is 0 Å². The number of halogens is 4. The summed E-state index contributed by atoms with van der Waals surface area (Å²) in [5, 5.41) is 10.4. The van der Waals surface area contributed by atoms with Crippen molar-refractivity contribution in [2.45, 2.75) is 65.7 Å². The molecule has 0 aliphatic rings. The van der Waals surface area contributed by atoms with Gasteiger partial charge in [-0.1, -0.05) is 58.0 Å². The monoisotopic (exact) mass is 472 g/mol. The molecule has 0 aromatic heterocycles. The first kappa shape index (κ1) is 26.0. The lowest BCUT2D eigenvalue weighted by Gasteiger charge is -2.24. The summed E-state index contributed by atoms with van der Waals surface area (Å²) >= 11 is 0. The Morgan fingerprint density at radius 3 is 1.97 bits per heavy atom. The van der Waals surface area contributed by atoms with Crippen molar-refractivity contribution < 1.29 is 22.7 Å². The highest BCUT2D eigenvalue weighted by atomic mass is 19.4. The lowest BCUT2D eigenvalue weighted by atomic mass is 9.80. The second-order valence-corrected chi connectivity index (χ2v) is 9.58. The Labute approximate surface area is 199 Å². The van der Waals surface area contributed by atoms with E-state index >= 15 is 0 Å². The molecule has 0 amide bonds. The fraction of sp³-hybridized carbons (Fsp3) is 0.379. The summed E-state index contributed by atoms with van der Waals surface area (Å²) in [6, 6.07) is 13.6. The predicted octanol–water partition coefficient (Wildman–Crippen LogP) is 8.31. The Kier molecular flexibility index (Phi) is 8.19. The normalized spacial score (nSPS) is 12.1. The number of aryl methyl sites for hydroxylation is 1. The van der Waals surface area contributed by atoms with Gasteiger partial charge >= 0.3 is 6.18 Å². The fourth-order valence-corrected chi connectivity index (χ4v) is 4.38. The molecule has 0 atom stereocenters. The van der Waals surface area contributed by atoms with E-state index in [1.165, 1.54) is 24.3 Å². The van der Waals surface area contributed by atoms with Gasteiger partial charge in [0.05, 0.1) is 12.2 Å². The average Bonchev–Trinajstić information content (AvgIpc) is 2.77. The lowest BCUT2D eigenvalue weighted by Crippen LogP contribution is -2.09. The van der Waals surface area contributed by atoms with E-state index in [-0.39, 0.29) is 18.3 Å². The van der Waals surface area contributed by atoms with Gasteiger partial charge in [-0.05, 0) is 94.3 Å². The van der Waals surface area contributed by atoms with Crippen LogP contribution in [0.25, 0.3) is 11.1 Å². The van der Waals surface area contributed by atoms with Crippen LogP contribution in [0.2, 0.25) is 0 Å². The van der Waals surface area contributed by atoms with Gasteiger partial charge in [-0.2, -0.15) is 13.2 Å². The average molecular weight is 473 g/mol. The molecule has 182 valence electrons. The first-order chi connectivity index (χ1) is 16.0. The first-order valence-electron chi connectivity index (χ1n) is 11.7. The van der Waals surface area contributed by atoms with Gasteiger partial charge in [0.15, 0.2) is 0 Å². The Morgan fingerprint density at radius 2 is 1.47 bits per heavy atom. The molecule has 0 saturated heterocycles. The third-order valence-corrected chi connectivity index (χ3v) is 6.24. The minimum absolute atomic E-state index is 0.161. The third-order valence-electron chi connectivity index (χ3n) is 6.24. The van der Waals surface area contributed by atoms with Crippen LogP contribution in [0.4, 0.5) is 17.6 Å². The molecule has 0 aliphatic carbocycles. The number of rotatable bonds is 8. The molecule has 1 nitrogen and oxygen atoms in total. The molecule has 0 fully saturated rings. The molecule has 3 aromatic rings. The van der Waals surface area contributed by atoms with Gasteiger partial charge in [-0.25, -0.2) is 4.39 Å². The smallest absolute Gasteiger partial charge is 0.392 e. The number of aliphatic hydroxyl groups is 1. The maximum Gasteiger partial charge on any atom is 0.416 e. The molecule has 5 heteroatoms. The predicted molar refractivity (Wildman–Crippen MR) is 129 cm³/mol. The van der Waals surface area contributed by atoms with Crippen LogP contribution in [0.5, 0.6) is 0 Å². The summed E-state index contributed by atoms with van der Waals surface area (Å²) in [6.07, 6.45) is -2.20. The molecule has 0 unspecified atom stereocenters. The van der Waals surface area contributed by atoms with Gasteiger partial charge in [-0.15, -0.1) is 0 Å². The van der Waals surface area contributed by atoms with Crippen LogP contribution in [0.1, 0.15) is 73.4 Å². The van der Waals surface area contributed by atoms with Crippen molar-refractivity contribution in [3.8, 4) is 11.1 Å². The highest BCUT2D eigenvalue weighted by Gasteiger charge is 2.30. The van der Waals surface area contributed by atoms with Crippen molar-refractivity contribution in [1.29, 1.82) is 0 Å². The molecular formula is C29H32F4O. The van der Waals surface area contributed by atoms with Gasteiger partial charge in [0.2, 0.25) is 0 Å². The number of hydrogen-bond acceptors (Lipinski definition) is 1. The summed E-state index contributed by atoms with van der Waals surface area (Å²) in [5.41, 5.74) is 5.63. The molecule has 0 radical (unpaired) electrons. The van der Waals surface area contributed by atoms with Crippen LogP contribution in [0.3, 0.4) is 0 Å². The van der Waals surface area contributed by atoms with Crippen LogP contribution < -0.4 is 0 Å². The van der Waals surface area contributed by atoms with Crippen LogP contribution in [0.15, 0.2) is 54.6 Å². The topological polar surface area (TPSA) is 20.2 Å². The molecule has 0 spiro atoms. The fourth-order valence-electron chi connectivity index (χ4n) is 4.38. The zero-order valence-electron chi connectivity index (χ0n) is 20.1. The van der Waals surface area contributed by atoms with E-state index in [0.29, 0.717) is 12.3 Å². The number of hydrogen-bond donors (Lipinski definition) is 1. The maximum atomic E-state index is 13.7. The van der Waals surface area contributed by atoms with Gasteiger partial charge in [0.25, 0.3) is 0 Å². The van der Waals surface area contributed by atoms with Crippen LogP contribution in [-0.2, 0) is 25.6 Å². The number of benzene rings is 3. The largest absolute Gasteiger partial charge is 0.416 e. The summed E-state index contributed by atoms with van der Waals surface area (Å²) in [5.74, 6) is 0.308. The van der Waals surface area contributed by atoms with E-state index in [2.05, 4.69) is 33.8 Å². The quantitative estimate of drug-likeness (QED) is 0.327. The number of alkyl halides is 3. The number of aliphatic hydroxyl groups excluding tert-OH is 1. The molecule has 3 aromatic carbocycles. The molecule has 0 saturated carbocycles. The van der Waals surface area contributed by atoms with Gasteiger partial charge in [-0.3, -0.25) is 0 Å². The van der Waals surface area contributed by atoms with Crippen molar-refractivity contribution in [3.05, 3.63) is 93.8 Å². The van der Waals surface area contributed by atoms with Gasteiger partial charge < -0.3 is 5.11 Å². The van der Waals surface area contributed by atoms with Crippen molar-refractivity contribution in [3.63, 3.8) is 0 Å². The summed E-state index contributed by atoms with van der Waals surface area (Å²) in [6.45, 7) is 8.32. The van der Waals surface area contributed by atoms with E-state index in [1.807, 2.05) is 0 Å². The Morgan fingerprint density at radius 1 is 0.853 bits per heavy atom. The maximum absolute atomic E-state index is 13.7. The highest BCUT2D eigenvalue weighted by Crippen LogP contribution is 2.38. The standard InChI is InChI=1S/C29H32F4O/c1-18(2)5-8-22-16-25(19(3)4)26(15-20-6-11-23(12-7-20)29(31,32)33)28(27(22)17-34)21-9-13-24(30)14-10-21/h6-7,9-14,16,18-19,34H,5,8,15,17H2,1-4H3. The van der Waals surface area contributed by atoms with Crippen LogP contribution >= 0.6 is 0 Å². The van der Waals surface area contributed by atoms with E-state index in [1.54, 1.807) is 12.1 Å². The summed E-state index contributed by atoms with van der Waals surface area (Å²) < 4.78 is 52.9. The van der Waals surface area contributed by atoms with E-state index < -0.39 is 11.7 Å². The SMILES string of the molecule is CC(C)CCc1cc(C(C)C)c(Cc2ccc(C(F)(F)F)cc2)c(-c2ccc(F)cc2)c1CO. The van der Waals surface area contributed by atoms with Gasteiger partial charge in [0.1, 0.15) is 5.82 Å². The molecule has 0 bridgehead atoms. The second-order valence-electron chi connectivity index (χ2n) is 9.58. The Balaban J connectivity index is 2.22. The lowest BCUT2D eigenvalue weighted by molar-refractivity contribution is -0.137. The second kappa shape index (κ2) is 10.7. The molecule has 3 rings (SSSR count). The van der Waals surface area contributed by atoms with Crippen molar-refractivity contribution >= 4 is 0 Å².